The van der Waals surface area contributed by atoms with E-state index in [4.69, 9.17) is 11.6 Å². The topological polar surface area (TPSA) is 49.4 Å². The van der Waals surface area contributed by atoms with Gasteiger partial charge in [-0.15, -0.1) is 0 Å². The molecule has 4 nitrogen and oxygen atoms in total. The number of nitrogens with zero attached hydrogens (tertiary/aromatic N) is 1. The molecule has 27 heavy (non-hydrogen) atoms. The quantitative estimate of drug-likeness (QED) is 0.689. The number of halogens is 2. The second kappa shape index (κ2) is 9.00. The number of hydrogen-bond acceptors (Lipinski definition) is 2. The Morgan fingerprint density at radius 3 is 2.37 bits per heavy atom. The fourth-order valence-electron chi connectivity index (χ4n) is 2.88. The van der Waals surface area contributed by atoms with Crippen molar-refractivity contribution in [2.75, 3.05) is 6.54 Å². The van der Waals surface area contributed by atoms with E-state index in [1.807, 2.05) is 4.90 Å². The highest BCUT2D eigenvalue weighted by Gasteiger charge is 2.32. The molecule has 2 aromatic carbocycles. The summed E-state index contributed by atoms with van der Waals surface area (Å²) in [6.07, 6.45) is 2.98. The van der Waals surface area contributed by atoms with Crippen molar-refractivity contribution >= 4 is 23.4 Å². The van der Waals surface area contributed by atoms with Crippen LogP contribution in [0.2, 0.25) is 5.02 Å². The Kier molecular flexibility index (Phi) is 6.45. The van der Waals surface area contributed by atoms with Crippen LogP contribution in [0.5, 0.6) is 0 Å². The van der Waals surface area contributed by atoms with Gasteiger partial charge in [-0.05, 0) is 61.2 Å². The minimum atomic E-state index is -0.278. The molecule has 0 spiro atoms. The Labute approximate surface area is 163 Å². The first-order valence-corrected chi connectivity index (χ1v) is 9.48. The van der Waals surface area contributed by atoms with Gasteiger partial charge in [0.15, 0.2) is 0 Å². The molecule has 1 saturated carbocycles. The lowest BCUT2D eigenvalue weighted by atomic mass is 10.2. The average molecular weight is 389 g/mol. The van der Waals surface area contributed by atoms with E-state index in [9.17, 15) is 14.0 Å². The molecular weight excluding hydrogens is 367 g/mol. The van der Waals surface area contributed by atoms with Crippen LogP contribution in [0.25, 0.3) is 0 Å². The van der Waals surface area contributed by atoms with Gasteiger partial charge in [0.25, 0.3) is 5.91 Å². The monoisotopic (exact) mass is 388 g/mol. The smallest absolute Gasteiger partial charge is 0.251 e. The molecule has 0 heterocycles. The molecule has 2 aromatic rings. The van der Waals surface area contributed by atoms with Gasteiger partial charge < -0.3 is 10.2 Å². The van der Waals surface area contributed by atoms with Crippen LogP contribution < -0.4 is 5.32 Å². The Balaban J connectivity index is 1.44. The number of carbonyl (C=O) groups excluding carboxylic acids is 2. The predicted octanol–water partition coefficient (Wildman–Crippen LogP) is 4.18. The molecule has 0 radical (unpaired) electrons. The van der Waals surface area contributed by atoms with Crippen LogP contribution in [0.15, 0.2) is 48.5 Å². The predicted molar refractivity (Wildman–Crippen MR) is 103 cm³/mol. The fourth-order valence-corrected chi connectivity index (χ4v) is 3.01. The summed E-state index contributed by atoms with van der Waals surface area (Å²) >= 11 is 5.81. The minimum Gasteiger partial charge on any atom is -0.352 e. The molecular formula is C21H22ClFN2O2. The summed E-state index contributed by atoms with van der Waals surface area (Å²) in [4.78, 5) is 26.5. The first kappa shape index (κ1) is 19.4. The lowest BCUT2D eigenvalue weighted by Gasteiger charge is -2.22. The van der Waals surface area contributed by atoms with Crippen molar-refractivity contribution in [2.24, 2.45) is 0 Å². The van der Waals surface area contributed by atoms with E-state index >= 15 is 0 Å². The fraction of sp³-hybridized carbons (Fsp3) is 0.333. The van der Waals surface area contributed by atoms with Crippen molar-refractivity contribution in [2.45, 2.75) is 38.3 Å². The maximum Gasteiger partial charge on any atom is 0.251 e. The molecule has 6 heteroatoms. The van der Waals surface area contributed by atoms with E-state index < -0.39 is 0 Å². The second-order valence-electron chi connectivity index (χ2n) is 6.75. The molecule has 3 rings (SSSR count). The van der Waals surface area contributed by atoms with Crippen molar-refractivity contribution in [3.63, 3.8) is 0 Å². The molecule has 2 amide bonds. The zero-order valence-electron chi connectivity index (χ0n) is 15.0. The van der Waals surface area contributed by atoms with Crippen LogP contribution in [0.1, 0.15) is 41.6 Å². The normalized spacial score (nSPS) is 13.3. The minimum absolute atomic E-state index is 0.0718. The molecule has 1 aliphatic carbocycles. The average Bonchev–Trinajstić information content (AvgIpc) is 3.50. The lowest BCUT2D eigenvalue weighted by Crippen LogP contribution is -2.33. The van der Waals surface area contributed by atoms with Gasteiger partial charge in [-0.25, -0.2) is 4.39 Å². The molecule has 1 aliphatic rings. The van der Waals surface area contributed by atoms with Crippen molar-refractivity contribution in [1.29, 1.82) is 0 Å². The van der Waals surface area contributed by atoms with Gasteiger partial charge in [-0.3, -0.25) is 9.59 Å². The van der Waals surface area contributed by atoms with Crippen molar-refractivity contribution in [1.82, 2.24) is 10.2 Å². The summed E-state index contributed by atoms with van der Waals surface area (Å²) in [5, 5.41) is 3.40. The molecule has 0 unspecified atom stereocenters. The van der Waals surface area contributed by atoms with Crippen LogP contribution in [0, 0.1) is 5.82 Å². The first-order valence-electron chi connectivity index (χ1n) is 9.10. The van der Waals surface area contributed by atoms with Crippen molar-refractivity contribution < 1.29 is 14.0 Å². The molecule has 0 saturated heterocycles. The van der Waals surface area contributed by atoms with E-state index in [0.29, 0.717) is 36.5 Å². The molecule has 1 N–H and O–H groups in total. The highest BCUT2D eigenvalue weighted by Crippen LogP contribution is 2.29. The largest absolute Gasteiger partial charge is 0.352 e. The van der Waals surface area contributed by atoms with Gasteiger partial charge in [0, 0.05) is 36.1 Å². The highest BCUT2D eigenvalue weighted by molar-refractivity contribution is 6.30. The molecule has 1 fully saturated rings. The third-order valence-electron chi connectivity index (χ3n) is 4.53. The molecule has 0 aromatic heterocycles. The van der Waals surface area contributed by atoms with Crippen molar-refractivity contribution in [3.8, 4) is 0 Å². The summed E-state index contributed by atoms with van der Waals surface area (Å²) in [5.41, 5.74) is 1.47. The zero-order valence-corrected chi connectivity index (χ0v) is 15.7. The highest BCUT2D eigenvalue weighted by atomic mass is 35.5. The Hall–Kier alpha value is -2.40. The van der Waals surface area contributed by atoms with Crippen LogP contribution in [0.4, 0.5) is 4.39 Å². The van der Waals surface area contributed by atoms with E-state index in [1.54, 1.807) is 36.4 Å². The SMILES string of the molecule is O=C(NCCCC(=O)N(Cc1ccc(F)cc1)C1CC1)c1ccc(Cl)cc1. The maximum absolute atomic E-state index is 13.0. The van der Waals surface area contributed by atoms with Gasteiger partial charge in [0.05, 0.1) is 0 Å². The Bertz CT molecular complexity index is 789. The number of hydrogen-bond donors (Lipinski definition) is 1. The third-order valence-corrected chi connectivity index (χ3v) is 4.79. The van der Waals surface area contributed by atoms with Crippen LogP contribution in [-0.2, 0) is 11.3 Å². The van der Waals surface area contributed by atoms with Crippen LogP contribution in [0.3, 0.4) is 0 Å². The van der Waals surface area contributed by atoms with Gasteiger partial charge >= 0.3 is 0 Å². The first-order chi connectivity index (χ1) is 13.0. The number of nitrogens with one attached hydrogen (secondary N) is 1. The van der Waals surface area contributed by atoms with E-state index in [0.717, 1.165) is 18.4 Å². The van der Waals surface area contributed by atoms with Gasteiger partial charge in [-0.1, -0.05) is 23.7 Å². The summed E-state index contributed by atoms with van der Waals surface area (Å²) in [6.45, 7) is 0.934. The summed E-state index contributed by atoms with van der Waals surface area (Å²) in [7, 11) is 0. The summed E-state index contributed by atoms with van der Waals surface area (Å²) in [5.74, 6) is -0.383. The lowest BCUT2D eigenvalue weighted by molar-refractivity contribution is -0.132. The zero-order chi connectivity index (χ0) is 19.2. The summed E-state index contributed by atoms with van der Waals surface area (Å²) in [6, 6.07) is 13.2. The number of amides is 2. The Morgan fingerprint density at radius 2 is 1.74 bits per heavy atom. The van der Waals surface area contributed by atoms with Crippen LogP contribution >= 0.6 is 11.6 Å². The molecule has 0 aliphatic heterocycles. The third kappa shape index (κ3) is 5.79. The van der Waals surface area contributed by atoms with E-state index in [-0.39, 0.29) is 23.7 Å². The Morgan fingerprint density at radius 1 is 1.07 bits per heavy atom. The van der Waals surface area contributed by atoms with E-state index in [1.165, 1.54) is 12.1 Å². The second-order valence-corrected chi connectivity index (χ2v) is 7.18. The molecule has 142 valence electrons. The molecule has 0 bridgehead atoms. The summed E-state index contributed by atoms with van der Waals surface area (Å²) < 4.78 is 13.0. The van der Waals surface area contributed by atoms with Crippen molar-refractivity contribution in [3.05, 3.63) is 70.5 Å². The van der Waals surface area contributed by atoms with Gasteiger partial charge in [-0.2, -0.15) is 0 Å². The molecule has 0 atom stereocenters. The van der Waals surface area contributed by atoms with Gasteiger partial charge in [0.2, 0.25) is 5.91 Å². The standard InChI is InChI=1S/C21H22ClFN2O2/c22-17-7-5-16(6-8-17)21(27)24-13-1-2-20(26)25(19-11-12-19)14-15-3-9-18(23)10-4-15/h3-10,19H,1-2,11-14H2,(H,24,27). The number of rotatable bonds is 8. The van der Waals surface area contributed by atoms with Crippen LogP contribution in [-0.4, -0.2) is 29.3 Å². The maximum atomic E-state index is 13.0. The number of benzene rings is 2. The van der Waals surface area contributed by atoms with E-state index in [2.05, 4.69) is 5.32 Å². The number of carbonyl (C=O) groups is 2. The van der Waals surface area contributed by atoms with Gasteiger partial charge in [0.1, 0.15) is 5.82 Å².